The minimum Gasteiger partial charge on any atom is -0.488 e. The smallest absolute Gasteiger partial charge is 0.245 e. The lowest BCUT2D eigenvalue weighted by molar-refractivity contribution is 0.246. The molecule has 0 saturated carbocycles. The Morgan fingerprint density at radius 2 is 2.11 bits per heavy atom. The van der Waals surface area contributed by atoms with Gasteiger partial charge in [-0.15, -0.1) is 10.2 Å². The summed E-state index contributed by atoms with van der Waals surface area (Å²) < 4.78 is 5.80. The van der Waals surface area contributed by atoms with Crippen LogP contribution in [-0.4, -0.2) is 27.8 Å². The Balaban J connectivity index is 1.64. The summed E-state index contributed by atoms with van der Waals surface area (Å²) in [7, 11) is 0. The van der Waals surface area contributed by atoms with E-state index in [2.05, 4.69) is 26.6 Å². The van der Waals surface area contributed by atoms with E-state index < -0.39 is 0 Å². The molecule has 3 rings (SSSR count). The Kier molecular flexibility index (Phi) is 3.40. The number of aromatic nitrogens is 3. The van der Waals surface area contributed by atoms with Gasteiger partial charge >= 0.3 is 0 Å². The molecule has 1 aliphatic rings. The Hall–Kier alpha value is -1.59. The predicted octanol–water partition coefficient (Wildman–Crippen LogP) is 2.59. The van der Waals surface area contributed by atoms with Crippen molar-refractivity contribution in [2.75, 3.05) is 11.9 Å². The second kappa shape index (κ2) is 5.19. The number of rotatable bonds is 3. The van der Waals surface area contributed by atoms with Gasteiger partial charge in [-0.05, 0) is 23.2 Å². The Morgan fingerprint density at radius 1 is 1.26 bits per heavy atom. The molecule has 0 fully saturated rings. The summed E-state index contributed by atoms with van der Waals surface area (Å²) in [6.45, 7) is 0.573. The second-order valence-corrected chi connectivity index (χ2v) is 4.85. The SMILES string of the molecule is Clc1nnc(Cl)c(NCC2Cc3ccccc3O2)n1. The van der Waals surface area contributed by atoms with Gasteiger partial charge in [-0.1, -0.05) is 29.8 Å². The molecule has 2 aromatic rings. The molecule has 1 aromatic heterocycles. The maximum Gasteiger partial charge on any atom is 0.245 e. The predicted molar refractivity (Wildman–Crippen MR) is 72.9 cm³/mol. The van der Waals surface area contributed by atoms with Gasteiger partial charge in [-0.3, -0.25) is 0 Å². The Labute approximate surface area is 119 Å². The average molecular weight is 297 g/mol. The summed E-state index contributed by atoms with van der Waals surface area (Å²) in [5.74, 6) is 1.35. The van der Waals surface area contributed by atoms with Crippen LogP contribution in [0.1, 0.15) is 5.56 Å². The number of nitrogens with zero attached hydrogens (tertiary/aromatic N) is 3. The van der Waals surface area contributed by atoms with Crippen LogP contribution in [0.4, 0.5) is 5.82 Å². The highest BCUT2D eigenvalue weighted by molar-refractivity contribution is 6.32. The molecule has 2 heterocycles. The van der Waals surface area contributed by atoms with Crippen LogP contribution in [0, 0.1) is 0 Å². The molecule has 0 spiro atoms. The number of anilines is 1. The zero-order valence-electron chi connectivity index (χ0n) is 9.81. The van der Waals surface area contributed by atoms with Crippen molar-refractivity contribution in [3.63, 3.8) is 0 Å². The molecule has 0 saturated heterocycles. The van der Waals surface area contributed by atoms with E-state index in [9.17, 15) is 0 Å². The van der Waals surface area contributed by atoms with E-state index in [1.165, 1.54) is 5.56 Å². The fraction of sp³-hybridized carbons (Fsp3) is 0.250. The molecular formula is C12H10Cl2N4O. The van der Waals surface area contributed by atoms with Gasteiger partial charge in [-0.25, -0.2) is 0 Å². The number of hydrogen-bond donors (Lipinski definition) is 1. The molecule has 5 nitrogen and oxygen atoms in total. The number of fused-ring (bicyclic) bond motifs is 1. The summed E-state index contributed by atoms with van der Waals surface area (Å²) in [4.78, 5) is 3.98. The molecule has 1 aliphatic heterocycles. The molecule has 0 amide bonds. The van der Waals surface area contributed by atoms with Gasteiger partial charge < -0.3 is 10.1 Å². The van der Waals surface area contributed by atoms with E-state index in [0.29, 0.717) is 12.4 Å². The third kappa shape index (κ3) is 2.72. The quantitative estimate of drug-likeness (QED) is 0.943. The van der Waals surface area contributed by atoms with Gasteiger partial charge in [0, 0.05) is 6.42 Å². The van der Waals surface area contributed by atoms with E-state index in [1.54, 1.807) is 0 Å². The normalized spacial score (nSPS) is 16.8. The van der Waals surface area contributed by atoms with Crippen LogP contribution in [-0.2, 0) is 6.42 Å². The number of halogens is 2. The summed E-state index contributed by atoms with van der Waals surface area (Å²) in [5, 5.41) is 10.6. The third-order valence-corrected chi connectivity index (χ3v) is 3.25. The monoisotopic (exact) mass is 296 g/mol. The standard InChI is InChI=1S/C12H10Cl2N4O/c13-10-11(16-12(14)18-17-10)15-6-8-5-7-3-1-2-4-9(7)19-8/h1-4,8H,5-6H2,(H,15,16,18). The Morgan fingerprint density at radius 3 is 2.95 bits per heavy atom. The Bertz CT molecular complexity index is 583. The van der Waals surface area contributed by atoms with Crippen molar-refractivity contribution in [1.29, 1.82) is 0 Å². The lowest BCUT2D eigenvalue weighted by Gasteiger charge is -2.12. The third-order valence-electron chi connectivity index (χ3n) is 2.83. The lowest BCUT2D eigenvalue weighted by atomic mass is 10.1. The molecule has 98 valence electrons. The average Bonchev–Trinajstić information content (AvgIpc) is 2.82. The first kappa shape index (κ1) is 12.4. The highest BCUT2D eigenvalue weighted by Crippen LogP contribution is 2.28. The molecule has 1 aromatic carbocycles. The molecular weight excluding hydrogens is 287 g/mol. The first-order valence-electron chi connectivity index (χ1n) is 5.76. The van der Waals surface area contributed by atoms with E-state index in [0.717, 1.165) is 12.2 Å². The topological polar surface area (TPSA) is 59.9 Å². The fourth-order valence-corrected chi connectivity index (χ4v) is 2.25. The van der Waals surface area contributed by atoms with Gasteiger partial charge in [0.05, 0.1) is 6.54 Å². The first-order valence-corrected chi connectivity index (χ1v) is 6.52. The second-order valence-electron chi connectivity index (χ2n) is 4.15. The largest absolute Gasteiger partial charge is 0.488 e. The van der Waals surface area contributed by atoms with Crippen LogP contribution in [0.15, 0.2) is 24.3 Å². The molecule has 1 unspecified atom stereocenters. The molecule has 0 aliphatic carbocycles. The minimum absolute atomic E-state index is 0.0437. The lowest BCUT2D eigenvalue weighted by Crippen LogP contribution is -2.24. The zero-order chi connectivity index (χ0) is 13.2. The van der Waals surface area contributed by atoms with E-state index in [-0.39, 0.29) is 16.5 Å². The van der Waals surface area contributed by atoms with Gasteiger partial charge in [0.1, 0.15) is 11.9 Å². The van der Waals surface area contributed by atoms with Crippen molar-refractivity contribution in [2.24, 2.45) is 0 Å². The van der Waals surface area contributed by atoms with Crippen molar-refractivity contribution in [3.05, 3.63) is 40.3 Å². The van der Waals surface area contributed by atoms with Crippen molar-refractivity contribution in [3.8, 4) is 5.75 Å². The van der Waals surface area contributed by atoms with Gasteiger partial charge in [0.25, 0.3) is 0 Å². The van der Waals surface area contributed by atoms with Crippen LogP contribution < -0.4 is 10.1 Å². The summed E-state index contributed by atoms with van der Waals surface area (Å²) >= 11 is 11.5. The highest BCUT2D eigenvalue weighted by atomic mass is 35.5. The summed E-state index contributed by atoms with van der Waals surface area (Å²) in [6, 6.07) is 7.99. The van der Waals surface area contributed by atoms with Gasteiger partial charge in [0.15, 0.2) is 11.0 Å². The molecule has 0 radical (unpaired) electrons. The van der Waals surface area contributed by atoms with Crippen LogP contribution in [0.5, 0.6) is 5.75 Å². The summed E-state index contributed by atoms with van der Waals surface area (Å²) in [5.41, 5.74) is 1.21. The first-order chi connectivity index (χ1) is 9.22. The number of hydrogen-bond acceptors (Lipinski definition) is 5. The van der Waals surface area contributed by atoms with Crippen molar-refractivity contribution in [2.45, 2.75) is 12.5 Å². The van der Waals surface area contributed by atoms with Crippen molar-refractivity contribution < 1.29 is 4.74 Å². The molecule has 1 N–H and O–H groups in total. The van der Waals surface area contributed by atoms with Crippen LogP contribution in [0.2, 0.25) is 10.4 Å². The minimum atomic E-state index is 0.0437. The molecule has 19 heavy (non-hydrogen) atoms. The number of nitrogens with one attached hydrogen (secondary N) is 1. The van der Waals surface area contributed by atoms with Crippen LogP contribution in [0.3, 0.4) is 0 Å². The van der Waals surface area contributed by atoms with E-state index in [4.69, 9.17) is 27.9 Å². The van der Waals surface area contributed by atoms with Crippen molar-refractivity contribution in [1.82, 2.24) is 15.2 Å². The van der Waals surface area contributed by atoms with Gasteiger partial charge in [0.2, 0.25) is 5.28 Å². The fourth-order valence-electron chi connectivity index (χ4n) is 1.98. The molecule has 0 bridgehead atoms. The molecule has 7 heteroatoms. The van der Waals surface area contributed by atoms with E-state index in [1.807, 2.05) is 18.2 Å². The number of para-hydroxylation sites is 1. The van der Waals surface area contributed by atoms with E-state index >= 15 is 0 Å². The van der Waals surface area contributed by atoms with Crippen LogP contribution in [0.25, 0.3) is 0 Å². The number of benzene rings is 1. The highest BCUT2D eigenvalue weighted by Gasteiger charge is 2.22. The maximum absolute atomic E-state index is 5.87. The summed E-state index contributed by atoms with van der Waals surface area (Å²) in [6.07, 6.45) is 0.898. The van der Waals surface area contributed by atoms with Crippen LogP contribution >= 0.6 is 23.2 Å². The molecule has 1 atom stereocenters. The maximum atomic E-state index is 5.87. The zero-order valence-corrected chi connectivity index (χ0v) is 11.3. The number of ether oxygens (including phenoxy) is 1. The van der Waals surface area contributed by atoms with Crippen molar-refractivity contribution >= 4 is 29.0 Å². The van der Waals surface area contributed by atoms with Gasteiger partial charge in [-0.2, -0.15) is 4.98 Å².